The first-order valence-electron chi connectivity index (χ1n) is 4.46. The quantitative estimate of drug-likeness (QED) is 0.861. The summed E-state index contributed by atoms with van der Waals surface area (Å²) in [4.78, 5) is 14.0. The average Bonchev–Trinajstić information content (AvgIpc) is 2.64. The highest BCUT2D eigenvalue weighted by Gasteiger charge is 2.10. The van der Waals surface area contributed by atoms with E-state index in [1.807, 2.05) is 0 Å². The van der Waals surface area contributed by atoms with Crippen LogP contribution in [0, 0.1) is 11.6 Å². The summed E-state index contributed by atoms with van der Waals surface area (Å²) in [6.07, 6.45) is 0.917. The van der Waals surface area contributed by atoms with Gasteiger partial charge in [-0.15, -0.1) is 0 Å². The second kappa shape index (κ2) is 4.20. The van der Waals surface area contributed by atoms with Crippen LogP contribution < -0.4 is 5.32 Å². The first kappa shape index (κ1) is 11.1. The summed E-state index contributed by atoms with van der Waals surface area (Å²) in [6, 6.07) is 2.60. The van der Waals surface area contributed by atoms with Crippen molar-refractivity contribution in [2.75, 3.05) is 5.32 Å². The van der Waals surface area contributed by atoms with E-state index in [0.29, 0.717) is 6.07 Å². The number of hydrogen-bond donors (Lipinski definition) is 2. The van der Waals surface area contributed by atoms with Gasteiger partial charge in [-0.1, -0.05) is 0 Å². The molecule has 2 rings (SSSR count). The van der Waals surface area contributed by atoms with E-state index in [0.717, 1.165) is 18.4 Å². The molecule has 0 aliphatic rings. The fourth-order valence-electron chi connectivity index (χ4n) is 1.18. The van der Waals surface area contributed by atoms with Crippen LogP contribution in [-0.4, -0.2) is 16.1 Å². The van der Waals surface area contributed by atoms with Crippen LogP contribution >= 0.6 is 0 Å². The van der Waals surface area contributed by atoms with Crippen molar-refractivity contribution in [3.63, 3.8) is 0 Å². The van der Waals surface area contributed by atoms with E-state index >= 15 is 0 Å². The Morgan fingerprint density at radius 1 is 1.29 bits per heavy atom. The molecule has 7 heteroatoms. The number of rotatable bonds is 3. The van der Waals surface area contributed by atoms with Crippen LogP contribution in [0.25, 0.3) is 0 Å². The Kier molecular flexibility index (Phi) is 2.73. The van der Waals surface area contributed by atoms with Crippen LogP contribution in [0.3, 0.4) is 0 Å². The maximum absolute atomic E-state index is 12.8. The predicted molar refractivity (Wildman–Crippen MR) is 53.1 cm³/mol. The topological polar surface area (TPSA) is 75.4 Å². The monoisotopic (exact) mass is 240 g/mol. The molecule has 0 aliphatic carbocycles. The molecule has 0 saturated heterocycles. The minimum Gasteiger partial charge on any atom is -0.476 e. The zero-order chi connectivity index (χ0) is 12.4. The van der Waals surface area contributed by atoms with E-state index in [2.05, 4.69) is 10.3 Å². The van der Waals surface area contributed by atoms with Crippen molar-refractivity contribution in [3.05, 3.63) is 41.8 Å². The fourth-order valence-corrected chi connectivity index (χ4v) is 1.18. The molecule has 5 nitrogen and oxygen atoms in total. The van der Waals surface area contributed by atoms with Crippen molar-refractivity contribution in [2.24, 2.45) is 0 Å². The van der Waals surface area contributed by atoms with Gasteiger partial charge in [-0.3, -0.25) is 0 Å². The minimum absolute atomic E-state index is 0.0706. The highest BCUT2D eigenvalue weighted by atomic mass is 19.1. The third-order valence-electron chi connectivity index (χ3n) is 1.84. The smallest absolute Gasteiger partial charge is 0.357 e. The first-order valence-corrected chi connectivity index (χ1v) is 4.46. The Labute approximate surface area is 93.7 Å². The van der Waals surface area contributed by atoms with E-state index in [1.54, 1.807) is 0 Å². The lowest BCUT2D eigenvalue weighted by molar-refractivity contribution is 0.0690. The molecule has 0 atom stereocenters. The van der Waals surface area contributed by atoms with E-state index in [1.165, 1.54) is 0 Å². The number of carbonyl (C=O) groups is 1. The van der Waals surface area contributed by atoms with E-state index in [9.17, 15) is 13.6 Å². The number of halogens is 2. The van der Waals surface area contributed by atoms with Gasteiger partial charge < -0.3 is 14.8 Å². The Hall–Kier alpha value is -2.44. The van der Waals surface area contributed by atoms with Gasteiger partial charge in [0, 0.05) is 11.8 Å². The highest BCUT2D eigenvalue weighted by Crippen LogP contribution is 2.18. The molecule has 1 heterocycles. The van der Waals surface area contributed by atoms with Gasteiger partial charge in [0.1, 0.15) is 17.9 Å². The lowest BCUT2D eigenvalue weighted by atomic mass is 10.3. The summed E-state index contributed by atoms with van der Waals surface area (Å²) in [7, 11) is 0. The molecule has 0 spiro atoms. The normalized spacial score (nSPS) is 10.2. The van der Waals surface area contributed by atoms with Crippen molar-refractivity contribution < 1.29 is 23.1 Å². The van der Waals surface area contributed by atoms with E-state index < -0.39 is 17.6 Å². The standard InChI is InChI=1S/C10H6F2N2O3/c11-5-1-6(12)3-7(2-5)13-10-14-8(4-17-10)9(15)16/h1-4H,(H,13,14)(H,15,16). The van der Waals surface area contributed by atoms with Crippen LogP contribution in [0.2, 0.25) is 0 Å². The number of oxazole rings is 1. The number of nitrogens with zero attached hydrogens (tertiary/aromatic N) is 1. The largest absolute Gasteiger partial charge is 0.476 e. The molecular formula is C10H6F2N2O3. The van der Waals surface area contributed by atoms with Gasteiger partial charge in [0.2, 0.25) is 0 Å². The van der Waals surface area contributed by atoms with Crippen molar-refractivity contribution in [1.82, 2.24) is 4.98 Å². The third-order valence-corrected chi connectivity index (χ3v) is 1.84. The second-order valence-corrected chi connectivity index (χ2v) is 3.13. The van der Waals surface area contributed by atoms with Crippen LogP contribution in [0.4, 0.5) is 20.5 Å². The minimum atomic E-state index is -1.26. The number of carboxylic acid groups (broad SMARTS) is 1. The van der Waals surface area contributed by atoms with Crippen molar-refractivity contribution in [1.29, 1.82) is 0 Å². The lowest BCUT2D eigenvalue weighted by Crippen LogP contribution is -1.97. The van der Waals surface area contributed by atoms with Gasteiger partial charge in [0.15, 0.2) is 5.69 Å². The summed E-state index contributed by atoms with van der Waals surface area (Å²) in [6.45, 7) is 0. The number of nitrogens with one attached hydrogen (secondary N) is 1. The molecule has 2 aromatic rings. The number of benzene rings is 1. The number of aromatic carboxylic acids is 1. The predicted octanol–water partition coefficient (Wildman–Crippen LogP) is 2.39. The summed E-state index contributed by atoms with van der Waals surface area (Å²) >= 11 is 0. The van der Waals surface area contributed by atoms with Gasteiger partial charge in [0.05, 0.1) is 0 Å². The molecule has 0 saturated carbocycles. The molecule has 1 aromatic carbocycles. The zero-order valence-corrected chi connectivity index (χ0v) is 8.28. The number of anilines is 2. The summed E-state index contributed by atoms with van der Waals surface area (Å²) < 4.78 is 30.4. The Morgan fingerprint density at radius 2 is 1.94 bits per heavy atom. The van der Waals surface area contributed by atoms with E-state index in [-0.39, 0.29) is 17.4 Å². The molecule has 0 amide bonds. The maximum atomic E-state index is 12.8. The average molecular weight is 240 g/mol. The lowest BCUT2D eigenvalue weighted by Gasteiger charge is -2.01. The van der Waals surface area contributed by atoms with Crippen LogP contribution in [0.5, 0.6) is 0 Å². The second-order valence-electron chi connectivity index (χ2n) is 3.13. The molecule has 2 N–H and O–H groups in total. The molecule has 0 bridgehead atoms. The van der Waals surface area contributed by atoms with Crippen LogP contribution in [-0.2, 0) is 0 Å². The first-order chi connectivity index (χ1) is 8.04. The van der Waals surface area contributed by atoms with Gasteiger partial charge in [-0.2, -0.15) is 4.98 Å². The fraction of sp³-hybridized carbons (Fsp3) is 0. The molecule has 1 aromatic heterocycles. The SMILES string of the molecule is O=C(O)c1coc(Nc2cc(F)cc(F)c2)n1. The summed E-state index contributed by atoms with van der Waals surface area (Å²) in [5.41, 5.74) is -0.231. The molecule has 0 aliphatic heterocycles. The Morgan fingerprint density at radius 3 is 2.47 bits per heavy atom. The van der Waals surface area contributed by atoms with Crippen molar-refractivity contribution in [3.8, 4) is 0 Å². The Balaban J connectivity index is 2.22. The summed E-state index contributed by atoms with van der Waals surface area (Å²) in [5, 5.41) is 11.0. The molecular weight excluding hydrogens is 234 g/mol. The van der Waals surface area contributed by atoms with E-state index in [4.69, 9.17) is 9.52 Å². The van der Waals surface area contributed by atoms with Crippen molar-refractivity contribution in [2.45, 2.75) is 0 Å². The van der Waals surface area contributed by atoms with Crippen LogP contribution in [0.15, 0.2) is 28.9 Å². The molecule has 0 radical (unpaired) electrons. The van der Waals surface area contributed by atoms with Gasteiger partial charge in [0.25, 0.3) is 6.01 Å². The van der Waals surface area contributed by atoms with Crippen molar-refractivity contribution >= 4 is 17.7 Å². The van der Waals surface area contributed by atoms with Gasteiger partial charge in [-0.05, 0) is 12.1 Å². The number of aromatic nitrogens is 1. The molecule has 0 unspecified atom stereocenters. The third kappa shape index (κ3) is 2.57. The zero-order valence-electron chi connectivity index (χ0n) is 8.28. The highest BCUT2D eigenvalue weighted by molar-refractivity contribution is 5.85. The van der Waals surface area contributed by atoms with Gasteiger partial charge in [-0.25, -0.2) is 13.6 Å². The molecule has 88 valence electrons. The molecule has 17 heavy (non-hydrogen) atoms. The summed E-state index contributed by atoms with van der Waals surface area (Å²) in [5.74, 6) is -2.79. The number of carboxylic acids is 1. The number of hydrogen-bond acceptors (Lipinski definition) is 4. The van der Waals surface area contributed by atoms with Crippen LogP contribution in [0.1, 0.15) is 10.5 Å². The molecule has 0 fully saturated rings. The van der Waals surface area contributed by atoms with Gasteiger partial charge >= 0.3 is 5.97 Å². The maximum Gasteiger partial charge on any atom is 0.357 e. The Bertz CT molecular complexity index is 548.